The van der Waals surface area contributed by atoms with Gasteiger partial charge in [-0.15, -0.1) is 0 Å². The second-order valence-corrected chi connectivity index (χ2v) is 31.0. The Hall–Kier alpha value is -1.99. The number of carbonyl (C=O) groups is 1. The van der Waals surface area contributed by atoms with E-state index >= 15 is 0 Å². The summed E-state index contributed by atoms with van der Waals surface area (Å²) in [6, 6.07) is -0.990. The lowest BCUT2D eigenvalue weighted by molar-refractivity contribution is -0.379. The molecule has 0 bridgehead atoms. The minimum absolute atomic E-state index is 0.239. The fourth-order valence-electron chi connectivity index (χ4n) is 14.7. The van der Waals surface area contributed by atoms with E-state index in [0.717, 1.165) is 38.5 Å². The number of rotatable bonds is 70. The van der Waals surface area contributed by atoms with Gasteiger partial charge in [-0.05, 0) is 57.8 Å². The number of amides is 1. The van der Waals surface area contributed by atoms with E-state index in [1.165, 1.54) is 295 Å². The molecule has 3 rings (SSSR count). The third-order valence-electron chi connectivity index (χ3n) is 21.7. The maximum atomic E-state index is 13.5. The second-order valence-electron chi connectivity index (χ2n) is 31.0. The Bertz CT molecular complexity index is 2020. The quantitative estimate of drug-likeness (QED) is 0.0199. The van der Waals surface area contributed by atoms with E-state index in [9.17, 15) is 61.0 Å². The van der Waals surface area contributed by atoms with Gasteiger partial charge in [0.15, 0.2) is 18.9 Å². The van der Waals surface area contributed by atoms with Crippen LogP contribution >= 0.6 is 0 Å². The van der Waals surface area contributed by atoms with Gasteiger partial charge in [0.1, 0.15) is 73.2 Å². The molecule has 19 nitrogen and oxygen atoms in total. The van der Waals surface area contributed by atoms with E-state index in [0.29, 0.717) is 12.8 Å². The van der Waals surface area contributed by atoms with Gasteiger partial charge in [-0.1, -0.05) is 339 Å². The minimum Gasteiger partial charge on any atom is -0.394 e. The van der Waals surface area contributed by atoms with Gasteiger partial charge in [0.2, 0.25) is 5.91 Å². The van der Waals surface area contributed by atoms with Gasteiger partial charge in [0.25, 0.3) is 0 Å². The molecule has 3 heterocycles. The Balaban J connectivity index is 1.36. The largest absolute Gasteiger partial charge is 0.394 e. The van der Waals surface area contributed by atoms with Crippen LogP contribution in [0, 0.1) is 0 Å². The van der Waals surface area contributed by atoms with Crippen molar-refractivity contribution >= 4 is 5.91 Å². The van der Waals surface area contributed by atoms with Gasteiger partial charge in [0, 0.05) is 6.42 Å². The zero-order valence-electron chi connectivity index (χ0n) is 65.8. The first kappa shape index (κ1) is 96.2. The monoisotopic (exact) mass is 1480 g/mol. The molecule has 17 atom stereocenters. The summed E-state index contributed by atoms with van der Waals surface area (Å²) in [5, 5.41) is 121. The van der Waals surface area contributed by atoms with E-state index in [1.54, 1.807) is 6.08 Å². The molecule has 3 saturated heterocycles. The van der Waals surface area contributed by atoms with Crippen LogP contribution in [-0.4, -0.2) is 193 Å². The molecule has 612 valence electrons. The number of unbranched alkanes of at least 4 members (excludes halogenated alkanes) is 50. The number of aliphatic hydroxyl groups excluding tert-OH is 11. The molecule has 0 aliphatic carbocycles. The topological polar surface area (TPSA) is 307 Å². The van der Waals surface area contributed by atoms with Crippen molar-refractivity contribution in [1.29, 1.82) is 0 Å². The molecule has 104 heavy (non-hydrogen) atoms. The lowest BCUT2D eigenvalue weighted by Crippen LogP contribution is -2.66. The van der Waals surface area contributed by atoms with Crippen LogP contribution in [0.2, 0.25) is 0 Å². The van der Waals surface area contributed by atoms with Crippen LogP contribution < -0.4 is 5.32 Å². The summed E-state index contributed by atoms with van der Waals surface area (Å²) in [4.78, 5) is 13.5. The van der Waals surface area contributed by atoms with Crippen LogP contribution in [0.25, 0.3) is 0 Å². The van der Waals surface area contributed by atoms with Gasteiger partial charge in [-0.3, -0.25) is 4.79 Å². The van der Waals surface area contributed by atoms with E-state index in [1.807, 2.05) is 6.08 Å². The Kier molecular flexibility index (Phi) is 60.8. The van der Waals surface area contributed by atoms with Crippen molar-refractivity contribution in [1.82, 2.24) is 5.32 Å². The standard InChI is InChI=1S/C85H159NO18/c1-3-5-7-9-11-13-15-17-19-21-23-25-27-29-31-33-34-35-37-39-41-43-45-47-49-51-53-55-57-59-61-63-73(91)86-68(69(90)62-60-58-56-54-52-50-48-46-44-42-40-38-36-32-30-28-26-24-22-20-18-16-14-12-10-8-6-4-2)67-99-83-79(97)76(94)81(71(65-88)101-83)104-85-80(98)77(95)82(72(66-89)102-85)103-84-78(96)75(93)74(92)70(64-87)100-84/h21,23,52,54,60,62,68-72,74-85,87-90,92-98H,3-20,22,24-51,53,55-59,61,63-67H2,1-2H3,(H,86,91)/b23-21-,54-52+,62-60+. The number of nitrogens with one attached hydrogen (secondary N) is 1. The SMILES string of the molecule is CCCCCCCCCC/C=C\CCCCCCCCCCCCCCCCCCCCCC(=O)NC(COC1OC(CO)C(OC2OC(CO)C(OC3OC(CO)C(O)C(O)C3O)C(O)C2O)C(O)C1O)C(O)/C=C/CC/C=C/CCCCCCCCCCCCCCCCCCCCCCCC. The van der Waals surface area contributed by atoms with Crippen molar-refractivity contribution in [3.63, 3.8) is 0 Å². The summed E-state index contributed by atoms with van der Waals surface area (Å²) in [6.07, 6.45) is 55.8. The predicted molar refractivity (Wildman–Crippen MR) is 416 cm³/mol. The van der Waals surface area contributed by atoms with E-state index in [2.05, 4.69) is 43.5 Å². The van der Waals surface area contributed by atoms with Gasteiger partial charge in [-0.25, -0.2) is 0 Å². The molecular weight excluding hydrogens is 1320 g/mol. The number of ether oxygens (including phenoxy) is 6. The van der Waals surface area contributed by atoms with Crippen LogP contribution in [0.5, 0.6) is 0 Å². The van der Waals surface area contributed by atoms with Gasteiger partial charge < -0.3 is 89.9 Å². The summed E-state index contributed by atoms with van der Waals surface area (Å²) >= 11 is 0. The van der Waals surface area contributed by atoms with Crippen LogP contribution in [0.4, 0.5) is 0 Å². The predicted octanol–water partition coefficient (Wildman–Crippen LogP) is 15.5. The highest BCUT2D eigenvalue weighted by Crippen LogP contribution is 2.33. The maximum absolute atomic E-state index is 13.5. The lowest BCUT2D eigenvalue weighted by atomic mass is 9.96. The fourth-order valence-corrected chi connectivity index (χ4v) is 14.7. The Morgan fingerprint density at radius 1 is 0.337 bits per heavy atom. The van der Waals surface area contributed by atoms with Gasteiger partial charge in [0.05, 0.1) is 38.6 Å². The van der Waals surface area contributed by atoms with E-state index in [-0.39, 0.29) is 18.9 Å². The average molecular weight is 1480 g/mol. The maximum Gasteiger partial charge on any atom is 0.220 e. The molecule has 0 radical (unpaired) electrons. The first-order chi connectivity index (χ1) is 50.8. The van der Waals surface area contributed by atoms with Gasteiger partial charge in [-0.2, -0.15) is 0 Å². The fraction of sp³-hybridized carbons (Fsp3) is 0.918. The molecule has 17 unspecified atom stereocenters. The van der Waals surface area contributed by atoms with Crippen molar-refractivity contribution in [3.8, 4) is 0 Å². The molecule has 12 N–H and O–H groups in total. The first-order valence-electron chi connectivity index (χ1n) is 43.2. The molecule has 0 saturated carbocycles. The van der Waals surface area contributed by atoms with E-state index in [4.69, 9.17) is 28.4 Å². The molecule has 0 spiro atoms. The Morgan fingerprint density at radius 2 is 0.615 bits per heavy atom. The van der Waals surface area contributed by atoms with Crippen LogP contribution in [0.15, 0.2) is 36.5 Å². The number of carbonyl (C=O) groups excluding carboxylic acids is 1. The number of hydrogen-bond donors (Lipinski definition) is 12. The van der Waals surface area contributed by atoms with E-state index < -0.39 is 124 Å². The molecular formula is C85H159NO18. The van der Waals surface area contributed by atoms with Crippen LogP contribution in [-0.2, 0) is 33.2 Å². The van der Waals surface area contributed by atoms with Crippen molar-refractivity contribution in [2.45, 2.75) is 471 Å². The zero-order chi connectivity index (χ0) is 75.3. The summed E-state index contributed by atoms with van der Waals surface area (Å²) in [5.74, 6) is -0.278. The van der Waals surface area contributed by atoms with Crippen molar-refractivity contribution in [3.05, 3.63) is 36.5 Å². The molecule has 19 heteroatoms. The minimum atomic E-state index is -1.98. The molecule has 3 aliphatic heterocycles. The normalized spacial score (nSPS) is 26.0. The molecule has 1 amide bonds. The molecule has 0 aromatic heterocycles. The van der Waals surface area contributed by atoms with Gasteiger partial charge >= 0.3 is 0 Å². The average Bonchev–Trinajstić information content (AvgIpc) is 0.783. The summed E-state index contributed by atoms with van der Waals surface area (Å²) in [6.45, 7) is 1.78. The third kappa shape index (κ3) is 44.8. The highest BCUT2D eigenvalue weighted by atomic mass is 16.8. The Labute approximate surface area is 631 Å². The summed E-state index contributed by atoms with van der Waals surface area (Å²) in [5.41, 5.74) is 0. The van der Waals surface area contributed by atoms with Crippen LogP contribution in [0.3, 0.4) is 0 Å². The molecule has 3 aliphatic rings. The van der Waals surface area contributed by atoms with Crippen molar-refractivity contribution in [2.24, 2.45) is 0 Å². The zero-order valence-corrected chi connectivity index (χ0v) is 65.8. The molecule has 0 aromatic carbocycles. The number of aliphatic hydroxyl groups is 11. The van der Waals surface area contributed by atoms with Crippen LogP contribution in [0.1, 0.15) is 367 Å². The van der Waals surface area contributed by atoms with Crippen molar-refractivity contribution in [2.75, 3.05) is 26.4 Å². The summed E-state index contributed by atoms with van der Waals surface area (Å²) in [7, 11) is 0. The highest BCUT2D eigenvalue weighted by molar-refractivity contribution is 5.76. The molecule has 3 fully saturated rings. The summed E-state index contributed by atoms with van der Waals surface area (Å²) < 4.78 is 34.5. The molecule has 0 aromatic rings. The second kappa shape index (κ2) is 65.7. The first-order valence-corrected chi connectivity index (χ1v) is 43.2. The van der Waals surface area contributed by atoms with Crippen molar-refractivity contribution < 1.29 is 89.4 Å². The lowest BCUT2D eigenvalue weighted by Gasteiger charge is -2.48. The number of allylic oxidation sites excluding steroid dienone is 5. The Morgan fingerprint density at radius 3 is 0.962 bits per heavy atom. The highest BCUT2D eigenvalue weighted by Gasteiger charge is 2.54. The number of hydrogen-bond acceptors (Lipinski definition) is 18. The third-order valence-corrected chi connectivity index (χ3v) is 21.7. The smallest absolute Gasteiger partial charge is 0.220 e.